The highest BCUT2D eigenvalue weighted by Crippen LogP contribution is 2.12. The number of hydrogen-bond acceptors (Lipinski definition) is 3. The van der Waals surface area contributed by atoms with Crippen LogP contribution in [0.5, 0.6) is 0 Å². The van der Waals surface area contributed by atoms with E-state index in [2.05, 4.69) is 10.6 Å². The van der Waals surface area contributed by atoms with Crippen molar-refractivity contribution in [3.05, 3.63) is 35.4 Å². The number of carboxylic acid groups (broad SMARTS) is 1. The van der Waals surface area contributed by atoms with Gasteiger partial charge in [0.1, 0.15) is 5.54 Å². The molecular formula is C15H19N3O3. The molecule has 1 rings (SSSR count). The van der Waals surface area contributed by atoms with Crippen LogP contribution in [-0.2, 0) is 11.3 Å². The summed E-state index contributed by atoms with van der Waals surface area (Å²) in [6.07, 6.45) is 0.993. The highest BCUT2D eigenvalue weighted by atomic mass is 16.4. The molecule has 6 heteroatoms. The molecule has 0 radical (unpaired) electrons. The maximum atomic E-state index is 11.8. The third kappa shape index (κ3) is 4.80. The number of amides is 2. The standard InChI is InChI=1S/C15H19N3O3/c1-3-7-15(2,13(19)20)18-14(21)17-10-12-6-4-5-11(8-12)9-16/h4-6,8H,3,7,10H2,1-2H3,(H,19,20)(H2,17,18,21). The number of carboxylic acids is 1. The second-order valence-electron chi connectivity index (χ2n) is 5.01. The average Bonchev–Trinajstić information content (AvgIpc) is 2.45. The number of hydrogen-bond donors (Lipinski definition) is 3. The van der Waals surface area contributed by atoms with Crippen LogP contribution in [0, 0.1) is 11.3 Å². The Bertz CT molecular complexity index is 566. The van der Waals surface area contributed by atoms with Crippen molar-refractivity contribution in [3.63, 3.8) is 0 Å². The zero-order valence-electron chi connectivity index (χ0n) is 12.1. The lowest BCUT2D eigenvalue weighted by Gasteiger charge is -2.25. The molecule has 6 nitrogen and oxygen atoms in total. The summed E-state index contributed by atoms with van der Waals surface area (Å²) in [5.74, 6) is -1.06. The maximum absolute atomic E-state index is 11.8. The summed E-state index contributed by atoms with van der Waals surface area (Å²) in [5.41, 5.74) is 0.000597. The summed E-state index contributed by atoms with van der Waals surface area (Å²) in [6, 6.07) is 8.32. The quantitative estimate of drug-likeness (QED) is 0.745. The summed E-state index contributed by atoms with van der Waals surface area (Å²) < 4.78 is 0. The Morgan fingerprint density at radius 2 is 2.14 bits per heavy atom. The molecule has 1 aromatic rings. The van der Waals surface area contributed by atoms with Crippen LogP contribution in [0.1, 0.15) is 37.8 Å². The highest BCUT2D eigenvalue weighted by Gasteiger charge is 2.33. The van der Waals surface area contributed by atoms with Gasteiger partial charge in [0, 0.05) is 6.54 Å². The first kappa shape index (κ1) is 16.5. The van der Waals surface area contributed by atoms with E-state index in [-0.39, 0.29) is 6.54 Å². The first-order valence-electron chi connectivity index (χ1n) is 6.69. The predicted octanol–water partition coefficient (Wildman–Crippen LogP) is 2.00. The SMILES string of the molecule is CCCC(C)(NC(=O)NCc1cccc(C#N)c1)C(=O)O. The van der Waals surface area contributed by atoms with E-state index < -0.39 is 17.5 Å². The molecule has 3 N–H and O–H groups in total. The van der Waals surface area contributed by atoms with Gasteiger partial charge >= 0.3 is 12.0 Å². The number of rotatable bonds is 6. The van der Waals surface area contributed by atoms with Gasteiger partial charge in [-0.1, -0.05) is 25.5 Å². The molecule has 1 aromatic carbocycles. The van der Waals surface area contributed by atoms with Crippen molar-refractivity contribution in [2.75, 3.05) is 0 Å². The number of nitrogens with one attached hydrogen (secondary N) is 2. The molecular weight excluding hydrogens is 270 g/mol. The second-order valence-corrected chi connectivity index (χ2v) is 5.01. The molecule has 1 unspecified atom stereocenters. The van der Waals surface area contributed by atoms with Crippen LogP contribution in [0.15, 0.2) is 24.3 Å². The molecule has 0 heterocycles. The molecule has 0 fully saturated rings. The van der Waals surface area contributed by atoms with E-state index in [0.717, 1.165) is 5.56 Å². The Morgan fingerprint density at radius 3 is 2.71 bits per heavy atom. The van der Waals surface area contributed by atoms with E-state index in [1.807, 2.05) is 13.0 Å². The van der Waals surface area contributed by atoms with Crippen LogP contribution < -0.4 is 10.6 Å². The van der Waals surface area contributed by atoms with Crippen molar-refractivity contribution in [3.8, 4) is 6.07 Å². The van der Waals surface area contributed by atoms with Crippen molar-refractivity contribution in [1.82, 2.24) is 10.6 Å². The smallest absolute Gasteiger partial charge is 0.329 e. The minimum atomic E-state index is -1.28. The molecule has 0 spiro atoms. The molecule has 0 aliphatic heterocycles. The maximum Gasteiger partial charge on any atom is 0.329 e. The number of nitrogens with zero attached hydrogens (tertiary/aromatic N) is 1. The van der Waals surface area contributed by atoms with Crippen molar-refractivity contribution >= 4 is 12.0 Å². The lowest BCUT2D eigenvalue weighted by Crippen LogP contribution is -2.55. The number of nitriles is 1. The largest absolute Gasteiger partial charge is 0.480 e. The van der Waals surface area contributed by atoms with Gasteiger partial charge in [-0.05, 0) is 31.0 Å². The van der Waals surface area contributed by atoms with Gasteiger partial charge in [0.05, 0.1) is 11.6 Å². The Labute approximate surface area is 123 Å². The predicted molar refractivity (Wildman–Crippen MR) is 77.5 cm³/mol. The fraction of sp³-hybridized carbons (Fsp3) is 0.400. The average molecular weight is 289 g/mol. The lowest BCUT2D eigenvalue weighted by atomic mass is 9.97. The van der Waals surface area contributed by atoms with Crippen LogP contribution in [0.2, 0.25) is 0 Å². The number of aliphatic carboxylic acids is 1. The Kier molecular flexibility index (Phi) is 5.73. The summed E-state index contributed by atoms with van der Waals surface area (Å²) in [5, 5.41) is 23.1. The second kappa shape index (κ2) is 7.29. The zero-order valence-corrected chi connectivity index (χ0v) is 12.1. The molecule has 0 saturated heterocycles. The van der Waals surface area contributed by atoms with E-state index >= 15 is 0 Å². The Morgan fingerprint density at radius 1 is 1.43 bits per heavy atom. The van der Waals surface area contributed by atoms with Gasteiger partial charge in [-0.2, -0.15) is 5.26 Å². The van der Waals surface area contributed by atoms with Crippen LogP contribution in [0.25, 0.3) is 0 Å². The minimum Gasteiger partial charge on any atom is -0.480 e. The number of benzene rings is 1. The number of carbonyl (C=O) groups is 2. The molecule has 0 aromatic heterocycles. The summed E-state index contributed by atoms with van der Waals surface area (Å²) in [4.78, 5) is 23.0. The first-order chi connectivity index (χ1) is 9.91. The summed E-state index contributed by atoms with van der Waals surface area (Å²) in [7, 11) is 0. The molecule has 0 bridgehead atoms. The monoisotopic (exact) mass is 289 g/mol. The van der Waals surface area contributed by atoms with E-state index in [9.17, 15) is 14.7 Å². The normalized spacial score (nSPS) is 12.8. The summed E-state index contributed by atoms with van der Waals surface area (Å²) in [6.45, 7) is 3.56. The topological polar surface area (TPSA) is 102 Å². The van der Waals surface area contributed by atoms with Gasteiger partial charge in [0.2, 0.25) is 0 Å². The molecule has 0 aliphatic rings. The Balaban J connectivity index is 2.61. The van der Waals surface area contributed by atoms with E-state index in [1.54, 1.807) is 24.3 Å². The van der Waals surface area contributed by atoms with Gasteiger partial charge in [-0.25, -0.2) is 9.59 Å². The third-order valence-corrected chi connectivity index (χ3v) is 3.12. The third-order valence-electron chi connectivity index (χ3n) is 3.12. The van der Waals surface area contributed by atoms with Crippen molar-refractivity contribution < 1.29 is 14.7 Å². The van der Waals surface area contributed by atoms with Crippen molar-refractivity contribution in [2.45, 2.75) is 38.8 Å². The van der Waals surface area contributed by atoms with E-state index in [4.69, 9.17) is 5.26 Å². The van der Waals surface area contributed by atoms with E-state index in [0.29, 0.717) is 18.4 Å². The van der Waals surface area contributed by atoms with Gasteiger partial charge < -0.3 is 15.7 Å². The fourth-order valence-electron chi connectivity index (χ4n) is 1.95. The number of urea groups is 1. The molecule has 2 amide bonds. The molecule has 0 saturated carbocycles. The molecule has 21 heavy (non-hydrogen) atoms. The van der Waals surface area contributed by atoms with Crippen LogP contribution >= 0.6 is 0 Å². The van der Waals surface area contributed by atoms with Crippen molar-refractivity contribution in [1.29, 1.82) is 5.26 Å². The first-order valence-corrected chi connectivity index (χ1v) is 6.69. The Hall–Kier alpha value is -2.55. The van der Waals surface area contributed by atoms with Crippen LogP contribution in [-0.4, -0.2) is 22.6 Å². The van der Waals surface area contributed by atoms with Gasteiger partial charge in [-0.15, -0.1) is 0 Å². The lowest BCUT2D eigenvalue weighted by molar-refractivity contribution is -0.144. The number of carbonyl (C=O) groups excluding carboxylic acids is 1. The fourth-order valence-corrected chi connectivity index (χ4v) is 1.95. The van der Waals surface area contributed by atoms with Crippen LogP contribution in [0.3, 0.4) is 0 Å². The minimum absolute atomic E-state index is 0.225. The van der Waals surface area contributed by atoms with E-state index in [1.165, 1.54) is 6.92 Å². The molecule has 1 atom stereocenters. The van der Waals surface area contributed by atoms with Crippen molar-refractivity contribution in [2.24, 2.45) is 0 Å². The molecule has 0 aliphatic carbocycles. The summed E-state index contributed by atoms with van der Waals surface area (Å²) >= 11 is 0. The van der Waals surface area contributed by atoms with Gasteiger partial charge in [0.25, 0.3) is 0 Å². The van der Waals surface area contributed by atoms with Gasteiger partial charge in [0.15, 0.2) is 0 Å². The van der Waals surface area contributed by atoms with Crippen LogP contribution in [0.4, 0.5) is 4.79 Å². The molecule has 112 valence electrons. The zero-order chi connectivity index (χ0) is 15.9. The van der Waals surface area contributed by atoms with Gasteiger partial charge in [-0.3, -0.25) is 0 Å². The highest BCUT2D eigenvalue weighted by molar-refractivity contribution is 5.85.